The highest BCUT2D eigenvalue weighted by atomic mass is 32.1. The summed E-state index contributed by atoms with van der Waals surface area (Å²) in [6.45, 7) is 1.53. The van der Waals surface area contributed by atoms with E-state index in [9.17, 15) is 18.0 Å². The van der Waals surface area contributed by atoms with Crippen molar-refractivity contribution in [2.24, 2.45) is 7.05 Å². The van der Waals surface area contributed by atoms with Crippen LogP contribution >= 0.6 is 11.3 Å². The summed E-state index contributed by atoms with van der Waals surface area (Å²) in [5.74, 6) is -0.168. The van der Waals surface area contributed by atoms with E-state index >= 15 is 0 Å². The topological polar surface area (TPSA) is 80.0 Å². The fourth-order valence-corrected chi connectivity index (χ4v) is 3.65. The van der Waals surface area contributed by atoms with Gasteiger partial charge in [0.2, 0.25) is 10.1 Å². The van der Waals surface area contributed by atoms with Crippen LogP contribution in [0.4, 0.5) is 18.3 Å². The summed E-state index contributed by atoms with van der Waals surface area (Å²) in [6, 6.07) is 1.74. The van der Waals surface area contributed by atoms with Crippen LogP contribution in [0.5, 0.6) is 0 Å². The molecule has 1 aliphatic heterocycles. The average Bonchev–Trinajstić information content (AvgIpc) is 3.29. The predicted molar refractivity (Wildman–Crippen MR) is 91.5 cm³/mol. The van der Waals surface area contributed by atoms with E-state index in [2.05, 4.69) is 20.3 Å². The lowest BCUT2D eigenvalue weighted by molar-refractivity contribution is -0.138. The molecule has 1 saturated heterocycles. The molecule has 0 N–H and O–H groups in total. The second-order valence-electron chi connectivity index (χ2n) is 6.06. The van der Waals surface area contributed by atoms with Crippen molar-refractivity contribution in [3.63, 3.8) is 0 Å². The molecule has 0 unspecified atom stereocenters. The highest BCUT2D eigenvalue weighted by Crippen LogP contribution is 2.34. The van der Waals surface area contributed by atoms with Crippen molar-refractivity contribution in [2.75, 3.05) is 31.1 Å². The Morgan fingerprint density at radius 1 is 1.15 bits per heavy atom. The number of carbonyl (C=O) groups excluding carboxylic acids is 1. The first-order chi connectivity index (χ1) is 12.8. The van der Waals surface area contributed by atoms with Crippen LogP contribution in [-0.4, -0.2) is 61.9 Å². The number of halogens is 3. The number of hydrogen-bond donors (Lipinski definition) is 0. The maximum absolute atomic E-state index is 12.7. The number of rotatable bonds is 2. The molecule has 0 radical (unpaired) electrons. The first-order valence-electron chi connectivity index (χ1n) is 8.05. The molecule has 4 heterocycles. The van der Waals surface area contributed by atoms with Crippen molar-refractivity contribution in [2.45, 2.75) is 6.18 Å². The molecule has 142 valence electrons. The van der Waals surface area contributed by atoms with Gasteiger partial charge < -0.3 is 9.80 Å². The molecule has 1 aliphatic rings. The SMILES string of the molecule is Cn1ncc2ncc(C(=O)N3CCN(c4nnc(C(F)(F)F)s4)CC3)cc21. The van der Waals surface area contributed by atoms with Gasteiger partial charge >= 0.3 is 6.18 Å². The van der Waals surface area contributed by atoms with Gasteiger partial charge in [0, 0.05) is 39.4 Å². The van der Waals surface area contributed by atoms with Crippen molar-refractivity contribution in [3.8, 4) is 0 Å². The second-order valence-corrected chi connectivity index (χ2v) is 7.02. The number of anilines is 1. The van der Waals surface area contributed by atoms with Crippen LogP contribution < -0.4 is 4.90 Å². The molecule has 8 nitrogen and oxygen atoms in total. The van der Waals surface area contributed by atoms with Crippen LogP contribution in [0.25, 0.3) is 11.0 Å². The van der Waals surface area contributed by atoms with Gasteiger partial charge in [-0.2, -0.15) is 18.3 Å². The molecule has 27 heavy (non-hydrogen) atoms. The summed E-state index contributed by atoms with van der Waals surface area (Å²) >= 11 is 0.512. The number of aryl methyl sites for hydroxylation is 1. The minimum atomic E-state index is -4.49. The zero-order valence-corrected chi connectivity index (χ0v) is 15.0. The largest absolute Gasteiger partial charge is 0.445 e. The Labute approximate surface area is 155 Å². The summed E-state index contributed by atoms with van der Waals surface area (Å²) in [4.78, 5) is 20.3. The molecule has 0 aliphatic carbocycles. The zero-order chi connectivity index (χ0) is 19.2. The van der Waals surface area contributed by atoms with Crippen molar-refractivity contribution >= 4 is 33.4 Å². The van der Waals surface area contributed by atoms with E-state index in [0.717, 1.165) is 5.52 Å². The Balaban J connectivity index is 1.44. The molecule has 1 amide bonds. The normalized spacial score (nSPS) is 15.6. The smallest absolute Gasteiger partial charge is 0.343 e. The summed E-state index contributed by atoms with van der Waals surface area (Å²) < 4.78 is 39.6. The van der Waals surface area contributed by atoms with Crippen LogP contribution in [-0.2, 0) is 13.2 Å². The summed E-state index contributed by atoms with van der Waals surface area (Å²) in [6.07, 6.45) is -1.36. The van der Waals surface area contributed by atoms with E-state index in [0.29, 0.717) is 48.6 Å². The Hall–Kier alpha value is -2.76. The average molecular weight is 397 g/mol. The maximum atomic E-state index is 12.7. The minimum absolute atomic E-state index is 0.168. The first kappa shape index (κ1) is 17.6. The third kappa shape index (κ3) is 3.31. The monoisotopic (exact) mass is 397 g/mol. The first-order valence-corrected chi connectivity index (χ1v) is 8.87. The van der Waals surface area contributed by atoms with Crippen molar-refractivity contribution in [1.29, 1.82) is 0 Å². The summed E-state index contributed by atoms with van der Waals surface area (Å²) in [7, 11) is 1.77. The van der Waals surface area contributed by atoms with E-state index in [1.165, 1.54) is 6.20 Å². The van der Waals surface area contributed by atoms with Gasteiger partial charge in [-0.15, -0.1) is 10.2 Å². The maximum Gasteiger partial charge on any atom is 0.445 e. The zero-order valence-electron chi connectivity index (χ0n) is 14.1. The van der Waals surface area contributed by atoms with Crippen molar-refractivity contribution < 1.29 is 18.0 Å². The number of aromatic nitrogens is 5. The molecule has 3 aromatic heterocycles. The fourth-order valence-electron chi connectivity index (χ4n) is 2.88. The molecule has 0 aromatic carbocycles. The Kier molecular flexibility index (Phi) is 4.21. The molecule has 0 spiro atoms. The number of amides is 1. The van der Waals surface area contributed by atoms with Gasteiger partial charge in [-0.25, -0.2) is 0 Å². The molecule has 0 saturated carbocycles. The van der Waals surface area contributed by atoms with Crippen LogP contribution in [0.15, 0.2) is 18.5 Å². The fraction of sp³-hybridized carbons (Fsp3) is 0.400. The van der Waals surface area contributed by atoms with E-state index in [4.69, 9.17) is 0 Å². The van der Waals surface area contributed by atoms with E-state index in [1.807, 2.05) is 0 Å². The number of fused-ring (bicyclic) bond motifs is 1. The Morgan fingerprint density at radius 2 is 1.89 bits per heavy atom. The van der Waals surface area contributed by atoms with Crippen LogP contribution in [0.1, 0.15) is 15.4 Å². The molecule has 0 atom stereocenters. The van der Waals surface area contributed by atoms with Gasteiger partial charge in [-0.05, 0) is 6.07 Å². The van der Waals surface area contributed by atoms with Crippen LogP contribution in [0, 0.1) is 0 Å². The Morgan fingerprint density at radius 3 is 2.56 bits per heavy atom. The van der Waals surface area contributed by atoms with Crippen LogP contribution in [0.3, 0.4) is 0 Å². The molecule has 4 rings (SSSR count). The molecule has 3 aromatic rings. The number of piperazine rings is 1. The molecular formula is C15H14F3N7OS. The Bertz CT molecular complexity index is 991. The third-order valence-corrected chi connectivity index (χ3v) is 5.37. The highest BCUT2D eigenvalue weighted by molar-refractivity contribution is 7.15. The van der Waals surface area contributed by atoms with E-state index in [-0.39, 0.29) is 11.0 Å². The molecular weight excluding hydrogens is 383 g/mol. The highest BCUT2D eigenvalue weighted by Gasteiger charge is 2.36. The van der Waals surface area contributed by atoms with E-state index < -0.39 is 11.2 Å². The summed E-state index contributed by atoms with van der Waals surface area (Å²) in [5, 5.41) is 10.2. The standard InChI is InChI=1S/C15H14F3N7OS/c1-23-11-6-9(7-19-10(11)8-20-23)12(26)24-2-4-25(5-3-24)14-22-21-13(27-14)15(16,17)18/h6-8H,2-5H2,1H3. The number of alkyl halides is 3. The minimum Gasteiger partial charge on any atom is -0.343 e. The number of nitrogens with zero attached hydrogens (tertiary/aromatic N) is 7. The second kappa shape index (κ2) is 6.44. The predicted octanol–water partition coefficient (Wildman–Crippen LogP) is 1.80. The number of carbonyl (C=O) groups is 1. The van der Waals surface area contributed by atoms with Gasteiger partial charge in [-0.3, -0.25) is 14.5 Å². The molecule has 1 fully saturated rings. The lowest BCUT2D eigenvalue weighted by Crippen LogP contribution is -2.48. The third-order valence-electron chi connectivity index (χ3n) is 4.34. The van der Waals surface area contributed by atoms with Gasteiger partial charge in [-0.1, -0.05) is 11.3 Å². The van der Waals surface area contributed by atoms with Gasteiger partial charge in [0.1, 0.15) is 5.52 Å². The van der Waals surface area contributed by atoms with Crippen molar-refractivity contribution in [1.82, 2.24) is 29.9 Å². The van der Waals surface area contributed by atoms with Gasteiger partial charge in [0.25, 0.3) is 5.91 Å². The molecule has 0 bridgehead atoms. The van der Waals surface area contributed by atoms with E-state index in [1.54, 1.807) is 33.8 Å². The number of hydrogen-bond acceptors (Lipinski definition) is 7. The van der Waals surface area contributed by atoms with Crippen LogP contribution in [0.2, 0.25) is 0 Å². The number of pyridine rings is 1. The molecule has 12 heteroatoms. The lowest BCUT2D eigenvalue weighted by atomic mass is 10.2. The summed E-state index contributed by atoms with van der Waals surface area (Å²) in [5.41, 5.74) is 1.92. The quantitative estimate of drug-likeness (QED) is 0.656. The van der Waals surface area contributed by atoms with Gasteiger partial charge in [0.05, 0.1) is 17.3 Å². The lowest BCUT2D eigenvalue weighted by Gasteiger charge is -2.34. The van der Waals surface area contributed by atoms with Crippen molar-refractivity contribution in [3.05, 3.63) is 29.0 Å². The van der Waals surface area contributed by atoms with Gasteiger partial charge in [0.15, 0.2) is 0 Å².